The maximum Gasteiger partial charge on any atom is 0.295 e. The highest BCUT2D eigenvalue weighted by molar-refractivity contribution is 5.63. The molecule has 1 N–H and O–H groups in total. The zero-order chi connectivity index (χ0) is 14.9. The molecule has 1 heterocycles. The second-order valence-corrected chi connectivity index (χ2v) is 5.21. The monoisotopic (exact) mass is 284 g/mol. The fraction of sp³-hybridized carbons (Fsp3) is 0.538. The van der Waals surface area contributed by atoms with Gasteiger partial charge < -0.3 is 14.8 Å². The number of ether oxygens (including phenoxy) is 2. The highest BCUT2D eigenvalue weighted by atomic mass is 19.1. The Morgan fingerprint density at radius 3 is 2.80 bits per heavy atom. The van der Waals surface area contributed by atoms with Gasteiger partial charge in [-0.25, -0.2) is 4.39 Å². The lowest BCUT2D eigenvalue weighted by Crippen LogP contribution is -2.26. The van der Waals surface area contributed by atoms with Crippen LogP contribution in [0.1, 0.15) is 19.4 Å². The average molecular weight is 284 g/mol. The molecule has 20 heavy (non-hydrogen) atoms. The Bertz CT molecular complexity index is 533. The Balaban J connectivity index is 2.09. The Morgan fingerprint density at radius 2 is 2.25 bits per heavy atom. The van der Waals surface area contributed by atoms with Crippen LogP contribution in [-0.4, -0.2) is 30.0 Å². The van der Waals surface area contributed by atoms with Gasteiger partial charge in [0.15, 0.2) is 5.79 Å². The van der Waals surface area contributed by atoms with Crippen molar-refractivity contribution in [1.82, 2.24) is 0 Å². The van der Waals surface area contributed by atoms with Gasteiger partial charge in [0.05, 0.1) is 17.6 Å². The number of rotatable bonds is 4. The van der Waals surface area contributed by atoms with Crippen LogP contribution in [-0.2, 0) is 9.47 Å². The van der Waals surface area contributed by atoms with Gasteiger partial charge in [0, 0.05) is 6.54 Å². The first-order valence-corrected chi connectivity index (χ1v) is 6.29. The number of nitrogens with one attached hydrogen (secondary N) is 1. The van der Waals surface area contributed by atoms with Crippen LogP contribution in [0.5, 0.6) is 0 Å². The summed E-state index contributed by atoms with van der Waals surface area (Å²) in [6.45, 7) is 5.93. The molecule has 1 aliphatic rings. The first-order valence-electron chi connectivity index (χ1n) is 6.29. The highest BCUT2D eigenvalue weighted by Gasteiger charge is 2.32. The number of nitro groups is 1. The van der Waals surface area contributed by atoms with Crippen LogP contribution >= 0.6 is 0 Å². The van der Waals surface area contributed by atoms with E-state index in [1.54, 1.807) is 20.8 Å². The zero-order valence-corrected chi connectivity index (χ0v) is 11.6. The molecule has 0 bridgehead atoms. The van der Waals surface area contributed by atoms with Crippen LogP contribution in [0.4, 0.5) is 15.8 Å². The second-order valence-electron chi connectivity index (χ2n) is 5.21. The van der Waals surface area contributed by atoms with E-state index < -0.39 is 16.5 Å². The van der Waals surface area contributed by atoms with Crippen LogP contribution in [0.15, 0.2) is 12.1 Å². The molecular formula is C13H17FN2O4. The normalized spacial score (nSPS) is 20.9. The van der Waals surface area contributed by atoms with Gasteiger partial charge in [-0.05, 0) is 32.4 Å². The maximum absolute atomic E-state index is 13.4. The molecule has 1 unspecified atom stereocenters. The third kappa shape index (κ3) is 3.23. The topological polar surface area (TPSA) is 73.6 Å². The molecular weight excluding hydrogens is 267 g/mol. The number of nitrogens with zero attached hydrogens (tertiary/aromatic N) is 1. The molecule has 0 aliphatic carbocycles. The molecule has 0 saturated carbocycles. The van der Waals surface area contributed by atoms with E-state index in [1.165, 1.54) is 6.07 Å². The van der Waals surface area contributed by atoms with Crippen molar-refractivity contribution in [3.05, 3.63) is 33.6 Å². The van der Waals surface area contributed by atoms with Crippen molar-refractivity contribution in [1.29, 1.82) is 0 Å². The molecule has 1 fully saturated rings. The zero-order valence-electron chi connectivity index (χ0n) is 11.6. The lowest BCUT2D eigenvalue weighted by molar-refractivity contribution is -0.384. The molecule has 2 rings (SSSR count). The minimum Gasteiger partial charge on any atom is -0.377 e. The van der Waals surface area contributed by atoms with E-state index in [9.17, 15) is 14.5 Å². The highest BCUT2D eigenvalue weighted by Crippen LogP contribution is 2.28. The summed E-state index contributed by atoms with van der Waals surface area (Å²) in [6, 6.07) is 2.35. The van der Waals surface area contributed by atoms with Crippen LogP contribution < -0.4 is 5.32 Å². The molecule has 110 valence electrons. The van der Waals surface area contributed by atoms with Gasteiger partial charge in [0.1, 0.15) is 17.6 Å². The van der Waals surface area contributed by atoms with Gasteiger partial charge in [0.25, 0.3) is 5.69 Å². The fourth-order valence-corrected chi connectivity index (χ4v) is 2.05. The van der Waals surface area contributed by atoms with Gasteiger partial charge in [-0.2, -0.15) is 0 Å². The molecule has 1 aromatic rings. The van der Waals surface area contributed by atoms with E-state index in [1.807, 2.05) is 0 Å². The van der Waals surface area contributed by atoms with Crippen LogP contribution in [0.25, 0.3) is 0 Å². The number of benzene rings is 1. The summed E-state index contributed by atoms with van der Waals surface area (Å²) < 4.78 is 24.4. The molecule has 0 aromatic heterocycles. The van der Waals surface area contributed by atoms with Crippen molar-refractivity contribution >= 4 is 11.4 Å². The van der Waals surface area contributed by atoms with E-state index in [4.69, 9.17) is 9.47 Å². The van der Waals surface area contributed by atoms with E-state index in [2.05, 4.69) is 5.32 Å². The number of anilines is 1. The first kappa shape index (κ1) is 14.7. The van der Waals surface area contributed by atoms with E-state index in [0.29, 0.717) is 18.7 Å². The summed E-state index contributed by atoms with van der Waals surface area (Å²) in [6.07, 6.45) is -0.199. The number of nitro benzene ring substituents is 1. The summed E-state index contributed by atoms with van der Waals surface area (Å²) in [5, 5.41) is 13.9. The predicted octanol–water partition coefficient (Wildman–Crippen LogP) is 2.61. The Morgan fingerprint density at radius 1 is 1.55 bits per heavy atom. The van der Waals surface area contributed by atoms with Gasteiger partial charge in [-0.1, -0.05) is 0 Å². The van der Waals surface area contributed by atoms with E-state index in [0.717, 1.165) is 6.07 Å². The number of aryl methyl sites for hydroxylation is 1. The maximum atomic E-state index is 13.4. The van der Waals surface area contributed by atoms with Gasteiger partial charge >= 0.3 is 0 Å². The first-order chi connectivity index (χ1) is 9.28. The van der Waals surface area contributed by atoms with E-state index in [-0.39, 0.29) is 17.5 Å². The smallest absolute Gasteiger partial charge is 0.295 e. The fourth-order valence-electron chi connectivity index (χ4n) is 2.05. The summed E-state index contributed by atoms with van der Waals surface area (Å²) in [7, 11) is 0. The number of hydrogen-bond acceptors (Lipinski definition) is 5. The second kappa shape index (κ2) is 5.34. The van der Waals surface area contributed by atoms with Crippen LogP contribution in [0, 0.1) is 22.9 Å². The Hall–Kier alpha value is -1.73. The molecule has 0 spiro atoms. The molecule has 6 nitrogen and oxygen atoms in total. The van der Waals surface area contributed by atoms with Gasteiger partial charge in [0.2, 0.25) is 0 Å². The quantitative estimate of drug-likeness (QED) is 0.679. The lowest BCUT2D eigenvalue weighted by Gasteiger charge is -2.17. The summed E-state index contributed by atoms with van der Waals surface area (Å²) in [5.74, 6) is -1.24. The number of halogens is 1. The van der Waals surface area contributed by atoms with Crippen molar-refractivity contribution < 1.29 is 18.8 Å². The third-order valence-electron chi connectivity index (χ3n) is 3.06. The van der Waals surface area contributed by atoms with Crippen LogP contribution in [0.2, 0.25) is 0 Å². The molecule has 0 radical (unpaired) electrons. The largest absolute Gasteiger partial charge is 0.377 e. The Kier molecular flexibility index (Phi) is 3.92. The summed E-state index contributed by atoms with van der Waals surface area (Å²) in [4.78, 5) is 10.3. The summed E-state index contributed by atoms with van der Waals surface area (Å²) >= 11 is 0. The summed E-state index contributed by atoms with van der Waals surface area (Å²) in [5.41, 5.74) is 0.343. The minimum absolute atomic E-state index is 0.199. The molecule has 1 aliphatic heterocycles. The Labute approximate surface area is 116 Å². The average Bonchev–Trinajstić information content (AvgIpc) is 2.69. The molecule has 1 aromatic carbocycles. The number of hydrogen-bond donors (Lipinski definition) is 1. The molecule has 7 heteroatoms. The van der Waals surface area contributed by atoms with Crippen molar-refractivity contribution in [2.75, 3.05) is 18.5 Å². The molecule has 0 amide bonds. The minimum atomic E-state index is -0.642. The van der Waals surface area contributed by atoms with Crippen molar-refractivity contribution in [2.24, 2.45) is 0 Å². The van der Waals surface area contributed by atoms with Crippen molar-refractivity contribution in [3.8, 4) is 0 Å². The molecule has 1 saturated heterocycles. The van der Waals surface area contributed by atoms with E-state index >= 15 is 0 Å². The van der Waals surface area contributed by atoms with Crippen LogP contribution in [0.3, 0.4) is 0 Å². The van der Waals surface area contributed by atoms with Crippen molar-refractivity contribution in [2.45, 2.75) is 32.7 Å². The standard InChI is InChI=1S/C13H17FN2O4/c1-8-4-11(12(16(17)18)5-10(8)14)15-6-9-7-19-13(2,3)20-9/h4-5,9,15H,6-7H2,1-3H3. The van der Waals surface area contributed by atoms with Crippen molar-refractivity contribution in [3.63, 3.8) is 0 Å². The SMILES string of the molecule is Cc1cc(NCC2COC(C)(C)O2)c([N+](=O)[O-])cc1F. The third-order valence-corrected chi connectivity index (χ3v) is 3.06. The van der Waals surface area contributed by atoms with Gasteiger partial charge in [-0.15, -0.1) is 0 Å². The van der Waals surface area contributed by atoms with Gasteiger partial charge in [-0.3, -0.25) is 10.1 Å². The predicted molar refractivity (Wildman–Crippen MR) is 71.2 cm³/mol. The lowest BCUT2D eigenvalue weighted by atomic mass is 10.1. The molecule has 1 atom stereocenters.